The molecule has 3 heteroatoms. The molecule has 0 aliphatic heterocycles. The number of rotatable bonds is 7. The summed E-state index contributed by atoms with van der Waals surface area (Å²) in [6.45, 7) is 1.90. The predicted octanol–water partition coefficient (Wildman–Crippen LogP) is 5.22. The van der Waals surface area contributed by atoms with Crippen molar-refractivity contribution in [2.24, 2.45) is 0 Å². The summed E-state index contributed by atoms with van der Waals surface area (Å²) in [6, 6.07) is 1.43. The molecule has 1 N–H and O–H groups in total. The summed E-state index contributed by atoms with van der Waals surface area (Å²) >= 11 is 0. The summed E-state index contributed by atoms with van der Waals surface area (Å²) in [5.74, 6) is 0. The first kappa shape index (κ1) is 22.2. The number of likely N-dealkylation sites (N-methyl/N-ethyl adjacent to an activating group) is 1. The molecule has 154 valence electrons. The van der Waals surface area contributed by atoms with Gasteiger partial charge >= 0.3 is 0 Å². The van der Waals surface area contributed by atoms with Crippen molar-refractivity contribution in [3.63, 3.8) is 0 Å². The Hall–Kier alpha value is -0.120. The van der Waals surface area contributed by atoms with Crippen LogP contribution >= 0.6 is 0 Å². The van der Waals surface area contributed by atoms with Gasteiger partial charge in [-0.1, -0.05) is 70.6 Å². The zero-order valence-electron chi connectivity index (χ0n) is 17.8. The minimum Gasteiger partial charge on any atom is -0.392 e. The van der Waals surface area contributed by atoms with Crippen LogP contribution in [0.3, 0.4) is 0 Å². The van der Waals surface area contributed by atoms with E-state index in [1.165, 1.54) is 96.3 Å². The first-order valence-corrected chi connectivity index (χ1v) is 11.8. The van der Waals surface area contributed by atoms with Crippen LogP contribution in [0.5, 0.6) is 0 Å². The van der Waals surface area contributed by atoms with Crippen LogP contribution in [0.15, 0.2) is 0 Å². The average Bonchev–Trinajstić information content (AvgIpc) is 2.73. The smallest absolute Gasteiger partial charge is 0.0679 e. The van der Waals surface area contributed by atoms with Crippen molar-refractivity contribution < 1.29 is 5.11 Å². The number of aliphatic hydroxyl groups is 1. The summed E-state index contributed by atoms with van der Waals surface area (Å²) in [5.41, 5.74) is 0. The fraction of sp³-hybridized carbons (Fsp3) is 1.00. The van der Waals surface area contributed by atoms with Gasteiger partial charge in [-0.05, 0) is 46.2 Å². The molecule has 0 saturated heterocycles. The van der Waals surface area contributed by atoms with Crippen molar-refractivity contribution in [3.05, 3.63) is 0 Å². The van der Waals surface area contributed by atoms with Gasteiger partial charge in [0.15, 0.2) is 0 Å². The summed E-state index contributed by atoms with van der Waals surface area (Å²) < 4.78 is 0. The maximum absolute atomic E-state index is 10.6. The molecule has 0 heterocycles. The van der Waals surface area contributed by atoms with E-state index in [0.29, 0.717) is 6.04 Å². The van der Waals surface area contributed by atoms with Crippen LogP contribution in [0.2, 0.25) is 0 Å². The van der Waals surface area contributed by atoms with Crippen LogP contribution in [0.4, 0.5) is 0 Å². The third kappa shape index (κ3) is 8.71. The van der Waals surface area contributed by atoms with Crippen molar-refractivity contribution in [2.75, 3.05) is 27.2 Å². The van der Waals surface area contributed by atoms with E-state index >= 15 is 0 Å². The predicted molar refractivity (Wildman–Crippen MR) is 113 cm³/mol. The van der Waals surface area contributed by atoms with Crippen molar-refractivity contribution in [1.82, 2.24) is 9.80 Å². The lowest BCUT2D eigenvalue weighted by Crippen LogP contribution is -2.40. The van der Waals surface area contributed by atoms with Gasteiger partial charge in [0.2, 0.25) is 0 Å². The van der Waals surface area contributed by atoms with Crippen LogP contribution in [-0.4, -0.2) is 60.3 Å². The van der Waals surface area contributed by atoms with Crippen molar-refractivity contribution in [1.29, 1.82) is 0 Å². The molecule has 1 unspecified atom stereocenters. The van der Waals surface area contributed by atoms with Crippen molar-refractivity contribution in [3.8, 4) is 0 Å². The second kappa shape index (κ2) is 13.1. The molecule has 0 radical (unpaired) electrons. The highest BCUT2D eigenvalue weighted by Gasteiger charge is 2.20. The van der Waals surface area contributed by atoms with Gasteiger partial charge < -0.3 is 14.9 Å². The Morgan fingerprint density at radius 1 is 0.654 bits per heavy atom. The lowest BCUT2D eigenvalue weighted by atomic mass is 9.95. The molecule has 3 nitrogen and oxygen atoms in total. The first-order valence-electron chi connectivity index (χ1n) is 11.8. The van der Waals surface area contributed by atoms with Crippen LogP contribution in [0.25, 0.3) is 0 Å². The maximum Gasteiger partial charge on any atom is 0.0679 e. The Labute approximate surface area is 163 Å². The number of hydrogen-bond donors (Lipinski definition) is 1. The number of nitrogens with zero attached hydrogens (tertiary/aromatic N) is 2. The summed E-state index contributed by atoms with van der Waals surface area (Å²) in [5, 5.41) is 10.6. The maximum atomic E-state index is 10.6. The minimum atomic E-state index is -0.177. The lowest BCUT2D eigenvalue weighted by Gasteiger charge is -2.32. The highest BCUT2D eigenvalue weighted by molar-refractivity contribution is 4.76. The normalized spacial score (nSPS) is 23.9. The molecular formula is C23H46N2O. The third-order valence-electron chi connectivity index (χ3n) is 6.96. The van der Waals surface area contributed by atoms with Gasteiger partial charge in [-0.25, -0.2) is 0 Å². The van der Waals surface area contributed by atoms with E-state index in [4.69, 9.17) is 0 Å². The molecular weight excluding hydrogens is 320 g/mol. The van der Waals surface area contributed by atoms with E-state index in [0.717, 1.165) is 25.6 Å². The molecule has 26 heavy (non-hydrogen) atoms. The second-order valence-electron chi connectivity index (χ2n) is 9.21. The van der Waals surface area contributed by atoms with E-state index in [2.05, 4.69) is 23.9 Å². The second-order valence-corrected chi connectivity index (χ2v) is 9.21. The van der Waals surface area contributed by atoms with Gasteiger partial charge in [-0.3, -0.25) is 0 Å². The van der Waals surface area contributed by atoms with Gasteiger partial charge in [-0.15, -0.1) is 0 Å². The molecule has 0 aromatic rings. The van der Waals surface area contributed by atoms with Crippen LogP contribution < -0.4 is 0 Å². The molecule has 0 aromatic carbocycles. The Balaban J connectivity index is 1.68. The Kier molecular flexibility index (Phi) is 11.2. The van der Waals surface area contributed by atoms with E-state index in [1.54, 1.807) is 0 Å². The van der Waals surface area contributed by atoms with Gasteiger partial charge in [0.05, 0.1) is 6.10 Å². The number of hydrogen-bond acceptors (Lipinski definition) is 3. The number of aliphatic hydroxyl groups excluding tert-OH is 1. The highest BCUT2D eigenvalue weighted by atomic mass is 16.3. The topological polar surface area (TPSA) is 26.7 Å². The quantitative estimate of drug-likeness (QED) is 0.669. The zero-order chi connectivity index (χ0) is 18.6. The van der Waals surface area contributed by atoms with Crippen LogP contribution in [0, 0.1) is 0 Å². The van der Waals surface area contributed by atoms with Gasteiger partial charge in [0.1, 0.15) is 0 Å². The summed E-state index contributed by atoms with van der Waals surface area (Å²) in [7, 11) is 4.52. The fourth-order valence-electron chi connectivity index (χ4n) is 5.04. The van der Waals surface area contributed by atoms with Gasteiger partial charge in [-0.2, -0.15) is 0 Å². The van der Waals surface area contributed by atoms with E-state index < -0.39 is 0 Å². The van der Waals surface area contributed by atoms with E-state index in [9.17, 15) is 5.11 Å². The monoisotopic (exact) mass is 366 g/mol. The molecule has 2 saturated carbocycles. The molecule has 2 fully saturated rings. The molecule has 2 aliphatic carbocycles. The lowest BCUT2D eigenvalue weighted by molar-refractivity contribution is 0.0771. The van der Waals surface area contributed by atoms with E-state index in [-0.39, 0.29) is 6.10 Å². The molecule has 1 atom stereocenters. The van der Waals surface area contributed by atoms with Crippen molar-refractivity contribution in [2.45, 2.75) is 121 Å². The van der Waals surface area contributed by atoms with E-state index in [1.807, 2.05) is 0 Å². The molecule has 0 amide bonds. The molecule has 0 spiro atoms. The first-order chi connectivity index (χ1) is 12.7. The molecule has 0 aromatic heterocycles. The molecule has 0 bridgehead atoms. The molecule has 2 aliphatic rings. The van der Waals surface area contributed by atoms with Gasteiger partial charge in [0.25, 0.3) is 0 Å². The third-order valence-corrected chi connectivity index (χ3v) is 6.96. The standard InChI is InChI=1S/C23H46N2O/c1-24(21-14-10-8-5-9-11-15-21)19-18-23(26)20-25(2)22-16-12-6-3-4-7-13-17-22/h21-23,26H,3-20H2,1-2H3. The Morgan fingerprint density at radius 3 is 1.50 bits per heavy atom. The van der Waals surface area contributed by atoms with Crippen LogP contribution in [-0.2, 0) is 0 Å². The van der Waals surface area contributed by atoms with Crippen molar-refractivity contribution >= 4 is 0 Å². The van der Waals surface area contributed by atoms with Crippen LogP contribution in [0.1, 0.15) is 103 Å². The largest absolute Gasteiger partial charge is 0.392 e. The summed E-state index contributed by atoms with van der Waals surface area (Å²) in [4.78, 5) is 5.00. The minimum absolute atomic E-state index is 0.177. The Morgan fingerprint density at radius 2 is 1.04 bits per heavy atom. The highest BCUT2D eigenvalue weighted by Crippen LogP contribution is 2.22. The zero-order valence-corrected chi connectivity index (χ0v) is 17.8. The SMILES string of the molecule is CN(CCC(O)CN(C)C1CCCCCCCC1)C1CCCCCCC1. The summed E-state index contributed by atoms with van der Waals surface area (Å²) in [6.07, 6.45) is 21.5. The average molecular weight is 367 g/mol. The molecule has 2 rings (SSSR count). The van der Waals surface area contributed by atoms with Gasteiger partial charge in [0, 0.05) is 25.2 Å². The Bertz CT molecular complexity index is 331. The fourth-order valence-corrected chi connectivity index (χ4v) is 5.04.